The van der Waals surface area contributed by atoms with Crippen LogP contribution < -0.4 is 5.32 Å². The Morgan fingerprint density at radius 2 is 1.88 bits per heavy atom. The summed E-state index contributed by atoms with van der Waals surface area (Å²) in [5.74, 6) is -1.90. The SMILES string of the molecule is CC(C)NC(=O)c1ccc(F)cc1C(F)(F)F. The van der Waals surface area contributed by atoms with Crippen LogP contribution in [0.2, 0.25) is 0 Å². The van der Waals surface area contributed by atoms with E-state index < -0.39 is 29.0 Å². The maximum Gasteiger partial charge on any atom is 0.417 e. The number of carbonyl (C=O) groups is 1. The maximum atomic E-state index is 12.8. The van der Waals surface area contributed by atoms with Crippen molar-refractivity contribution in [3.05, 3.63) is 35.1 Å². The van der Waals surface area contributed by atoms with Crippen molar-refractivity contribution in [3.8, 4) is 0 Å². The summed E-state index contributed by atoms with van der Waals surface area (Å²) in [7, 11) is 0. The molecule has 0 unspecified atom stereocenters. The molecule has 0 fully saturated rings. The van der Waals surface area contributed by atoms with Gasteiger partial charge in [-0.15, -0.1) is 0 Å². The van der Waals surface area contributed by atoms with E-state index >= 15 is 0 Å². The molecule has 0 radical (unpaired) electrons. The quantitative estimate of drug-likeness (QED) is 0.802. The molecule has 0 spiro atoms. The predicted octanol–water partition coefficient (Wildman–Crippen LogP) is 2.98. The van der Waals surface area contributed by atoms with Gasteiger partial charge in [-0.3, -0.25) is 4.79 Å². The molecule has 6 heteroatoms. The fourth-order valence-corrected chi connectivity index (χ4v) is 1.29. The lowest BCUT2D eigenvalue weighted by molar-refractivity contribution is -0.138. The van der Waals surface area contributed by atoms with Gasteiger partial charge in [0.05, 0.1) is 11.1 Å². The van der Waals surface area contributed by atoms with Crippen molar-refractivity contribution >= 4 is 5.91 Å². The molecule has 0 aromatic heterocycles. The molecule has 0 heterocycles. The number of benzene rings is 1. The van der Waals surface area contributed by atoms with Gasteiger partial charge in [0, 0.05) is 6.04 Å². The monoisotopic (exact) mass is 249 g/mol. The molecular formula is C11H11F4NO. The Morgan fingerprint density at radius 1 is 1.29 bits per heavy atom. The standard InChI is InChI=1S/C11H11F4NO/c1-6(2)16-10(17)8-4-3-7(12)5-9(8)11(13,14)15/h3-6H,1-2H3,(H,16,17). The van der Waals surface area contributed by atoms with E-state index in [1.807, 2.05) is 0 Å². The normalized spacial score (nSPS) is 11.7. The van der Waals surface area contributed by atoms with Crippen LogP contribution in [0.15, 0.2) is 18.2 Å². The van der Waals surface area contributed by atoms with Gasteiger partial charge in [-0.2, -0.15) is 13.2 Å². The van der Waals surface area contributed by atoms with E-state index in [1.165, 1.54) is 0 Å². The summed E-state index contributed by atoms with van der Waals surface area (Å²) in [6.45, 7) is 3.24. The van der Waals surface area contributed by atoms with Gasteiger partial charge in [-0.25, -0.2) is 4.39 Å². The Kier molecular flexibility index (Phi) is 3.75. The molecule has 0 aliphatic carbocycles. The first-order valence-corrected chi connectivity index (χ1v) is 4.89. The smallest absolute Gasteiger partial charge is 0.350 e. The first-order valence-electron chi connectivity index (χ1n) is 4.89. The molecule has 1 aromatic carbocycles. The lowest BCUT2D eigenvalue weighted by Gasteiger charge is -2.14. The van der Waals surface area contributed by atoms with Gasteiger partial charge in [0.25, 0.3) is 5.91 Å². The Balaban J connectivity index is 3.20. The molecule has 1 rings (SSSR count). The minimum absolute atomic E-state index is 0.298. The highest BCUT2D eigenvalue weighted by atomic mass is 19.4. The second-order valence-electron chi connectivity index (χ2n) is 3.82. The van der Waals surface area contributed by atoms with Crippen LogP contribution in [-0.2, 0) is 6.18 Å². The average Bonchev–Trinajstić information content (AvgIpc) is 2.14. The molecular weight excluding hydrogens is 238 g/mol. The summed E-state index contributed by atoms with van der Waals surface area (Å²) < 4.78 is 50.5. The summed E-state index contributed by atoms with van der Waals surface area (Å²) in [6, 6.07) is 1.67. The van der Waals surface area contributed by atoms with E-state index in [-0.39, 0.29) is 6.04 Å². The molecule has 1 N–H and O–H groups in total. The molecule has 0 atom stereocenters. The van der Waals surface area contributed by atoms with Gasteiger partial charge in [0.2, 0.25) is 0 Å². The first kappa shape index (κ1) is 13.5. The van der Waals surface area contributed by atoms with Gasteiger partial charge in [-0.1, -0.05) is 0 Å². The topological polar surface area (TPSA) is 29.1 Å². The van der Waals surface area contributed by atoms with Gasteiger partial charge >= 0.3 is 6.18 Å². The summed E-state index contributed by atoms with van der Waals surface area (Å²) in [4.78, 5) is 11.5. The summed E-state index contributed by atoms with van der Waals surface area (Å²) in [5.41, 5.74) is -1.84. The predicted molar refractivity (Wildman–Crippen MR) is 54.0 cm³/mol. The molecule has 17 heavy (non-hydrogen) atoms. The molecule has 0 aliphatic rings. The number of amides is 1. The van der Waals surface area contributed by atoms with Crippen molar-refractivity contribution in [2.75, 3.05) is 0 Å². The van der Waals surface area contributed by atoms with Gasteiger partial charge in [-0.05, 0) is 32.0 Å². The summed E-state index contributed by atoms with van der Waals surface area (Å²) in [6.07, 6.45) is -4.76. The highest BCUT2D eigenvalue weighted by molar-refractivity contribution is 5.96. The Morgan fingerprint density at radius 3 is 2.35 bits per heavy atom. The summed E-state index contributed by atoms with van der Waals surface area (Å²) in [5, 5.41) is 2.33. The first-order chi connectivity index (χ1) is 7.71. The number of hydrogen-bond acceptors (Lipinski definition) is 1. The fourth-order valence-electron chi connectivity index (χ4n) is 1.29. The third-order valence-corrected chi connectivity index (χ3v) is 1.95. The van der Waals surface area contributed by atoms with Crippen molar-refractivity contribution < 1.29 is 22.4 Å². The average molecular weight is 249 g/mol. The van der Waals surface area contributed by atoms with Crippen molar-refractivity contribution in [1.82, 2.24) is 5.32 Å². The van der Waals surface area contributed by atoms with Crippen LogP contribution in [0.4, 0.5) is 17.6 Å². The Hall–Kier alpha value is -1.59. The molecule has 2 nitrogen and oxygen atoms in total. The lowest BCUT2D eigenvalue weighted by Crippen LogP contribution is -2.31. The van der Waals surface area contributed by atoms with Crippen molar-refractivity contribution in [2.24, 2.45) is 0 Å². The van der Waals surface area contributed by atoms with E-state index in [0.29, 0.717) is 6.07 Å². The van der Waals surface area contributed by atoms with Crippen LogP contribution in [-0.4, -0.2) is 11.9 Å². The number of nitrogens with one attached hydrogen (secondary N) is 1. The molecule has 1 amide bonds. The molecule has 0 saturated carbocycles. The Labute approximate surface area is 95.6 Å². The van der Waals surface area contributed by atoms with Crippen LogP contribution in [0.5, 0.6) is 0 Å². The van der Waals surface area contributed by atoms with Crippen LogP contribution in [0, 0.1) is 5.82 Å². The largest absolute Gasteiger partial charge is 0.417 e. The van der Waals surface area contributed by atoms with Gasteiger partial charge in [0.15, 0.2) is 0 Å². The minimum atomic E-state index is -4.76. The molecule has 0 bridgehead atoms. The Bertz CT molecular complexity index is 426. The van der Waals surface area contributed by atoms with Crippen LogP contribution in [0.1, 0.15) is 29.8 Å². The van der Waals surface area contributed by atoms with Crippen molar-refractivity contribution in [2.45, 2.75) is 26.1 Å². The van der Waals surface area contributed by atoms with Crippen molar-refractivity contribution in [3.63, 3.8) is 0 Å². The van der Waals surface area contributed by atoms with Gasteiger partial charge in [0.1, 0.15) is 5.82 Å². The second-order valence-corrected chi connectivity index (χ2v) is 3.82. The van der Waals surface area contributed by atoms with Gasteiger partial charge < -0.3 is 5.32 Å². The van der Waals surface area contributed by atoms with E-state index in [1.54, 1.807) is 13.8 Å². The number of hydrogen-bond donors (Lipinski definition) is 1. The third kappa shape index (κ3) is 3.44. The molecule has 1 aromatic rings. The van der Waals surface area contributed by atoms with E-state index in [4.69, 9.17) is 0 Å². The zero-order valence-corrected chi connectivity index (χ0v) is 9.23. The highest BCUT2D eigenvalue weighted by Crippen LogP contribution is 2.32. The molecule has 0 saturated heterocycles. The zero-order chi connectivity index (χ0) is 13.2. The second kappa shape index (κ2) is 4.73. The fraction of sp³-hybridized carbons (Fsp3) is 0.364. The van der Waals surface area contributed by atoms with Crippen molar-refractivity contribution in [1.29, 1.82) is 0 Å². The maximum absolute atomic E-state index is 12.8. The molecule has 0 aliphatic heterocycles. The minimum Gasteiger partial charge on any atom is -0.350 e. The number of carbonyl (C=O) groups excluding carboxylic acids is 1. The van der Waals surface area contributed by atoms with Crippen LogP contribution in [0.25, 0.3) is 0 Å². The highest BCUT2D eigenvalue weighted by Gasteiger charge is 2.35. The van der Waals surface area contributed by atoms with E-state index in [0.717, 1.165) is 12.1 Å². The third-order valence-electron chi connectivity index (χ3n) is 1.95. The number of rotatable bonds is 2. The summed E-state index contributed by atoms with van der Waals surface area (Å²) >= 11 is 0. The van der Waals surface area contributed by atoms with Crippen LogP contribution in [0.3, 0.4) is 0 Å². The number of halogens is 4. The molecule has 94 valence electrons. The van der Waals surface area contributed by atoms with E-state index in [2.05, 4.69) is 5.32 Å². The lowest BCUT2D eigenvalue weighted by atomic mass is 10.1. The van der Waals surface area contributed by atoms with E-state index in [9.17, 15) is 22.4 Å². The van der Waals surface area contributed by atoms with Crippen LogP contribution >= 0.6 is 0 Å². The zero-order valence-electron chi connectivity index (χ0n) is 9.23. The number of alkyl halides is 3.